The molecule has 7 nitrogen and oxygen atoms in total. The van der Waals surface area contributed by atoms with Gasteiger partial charge in [0, 0.05) is 5.69 Å². The third kappa shape index (κ3) is 4.26. The molecule has 0 aliphatic rings. The largest absolute Gasteiger partial charge is 0.337 e. The van der Waals surface area contributed by atoms with Gasteiger partial charge in [0.05, 0.1) is 5.69 Å². The molecule has 2 heterocycles. The van der Waals surface area contributed by atoms with E-state index in [1.54, 1.807) is 18.2 Å². The maximum absolute atomic E-state index is 13.4. The molecule has 32 heavy (non-hydrogen) atoms. The molecule has 9 heteroatoms. The number of thiazole rings is 1. The minimum absolute atomic E-state index is 0.240. The number of nitrogens with one attached hydrogen (secondary N) is 1. The van der Waals surface area contributed by atoms with Gasteiger partial charge in [0.2, 0.25) is 5.91 Å². The van der Waals surface area contributed by atoms with Crippen LogP contribution in [0.4, 0.5) is 5.69 Å². The van der Waals surface area contributed by atoms with Crippen LogP contribution in [0.25, 0.3) is 16.0 Å². The van der Waals surface area contributed by atoms with Gasteiger partial charge in [-0.3, -0.25) is 14.2 Å². The Hall–Kier alpha value is -3.17. The van der Waals surface area contributed by atoms with Crippen LogP contribution in [-0.4, -0.2) is 25.8 Å². The zero-order valence-corrected chi connectivity index (χ0v) is 19.5. The first-order valence-corrected chi connectivity index (χ1v) is 11.9. The van der Waals surface area contributed by atoms with E-state index in [9.17, 15) is 14.4 Å². The monoisotopic (exact) mass is 466 g/mol. The smallest absolute Gasteiger partial charge is 0.324 e. The second-order valence-electron chi connectivity index (χ2n) is 7.27. The second kappa shape index (κ2) is 9.13. The summed E-state index contributed by atoms with van der Waals surface area (Å²) in [4.78, 5) is 44.0. The molecule has 0 bridgehead atoms. The van der Waals surface area contributed by atoms with E-state index in [1.807, 2.05) is 51.1 Å². The van der Waals surface area contributed by atoms with Crippen LogP contribution < -0.4 is 16.6 Å². The lowest BCUT2D eigenvalue weighted by Gasteiger charge is -2.12. The van der Waals surface area contributed by atoms with Gasteiger partial charge in [-0.15, -0.1) is 11.3 Å². The third-order valence-corrected chi connectivity index (χ3v) is 7.00. The van der Waals surface area contributed by atoms with Crippen molar-refractivity contribution in [2.45, 2.75) is 31.7 Å². The van der Waals surface area contributed by atoms with E-state index in [4.69, 9.17) is 0 Å². The van der Waals surface area contributed by atoms with Crippen molar-refractivity contribution in [2.75, 3.05) is 11.1 Å². The Bertz CT molecular complexity index is 1420. The molecule has 164 valence electrons. The Labute approximate surface area is 192 Å². The zero-order valence-electron chi connectivity index (χ0n) is 17.9. The Morgan fingerprint density at radius 1 is 1.09 bits per heavy atom. The van der Waals surface area contributed by atoms with Gasteiger partial charge in [-0.1, -0.05) is 54.6 Å². The van der Waals surface area contributed by atoms with E-state index in [0.717, 1.165) is 21.4 Å². The molecule has 0 atom stereocenters. The molecule has 1 amide bonds. The third-order valence-electron chi connectivity index (χ3n) is 4.95. The number of para-hydroxylation sites is 1. The molecule has 0 aliphatic carbocycles. The molecule has 2 aromatic heterocycles. The van der Waals surface area contributed by atoms with Gasteiger partial charge < -0.3 is 5.32 Å². The highest BCUT2D eigenvalue weighted by atomic mass is 32.2. The number of nitrogens with zero attached hydrogens (tertiary/aromatic N) is 3. The SMILES string of the molecule is CCSc1nc2c(s1)c(=O)n(-c1ccc(C)cc1)c(=O)n2CC(=O)Nc1ccccc1C. The van der Waals surface area contributed by atoms with Crippen LogP contribution in [0.2, 0.25) is 0 Å². The maximum Gasteiger partial charge on any atom is 0.337 e. The molecule has 0 saturated heterocycles. The average molecular weight is 467 g/mol. The van der Waals surface area contributed by atoms with Crippen LogP contribution >= 0.6 is 23.1 Å². The summed E-state index contributed by atoms with van der Waals surface area (Å²) in [6, 6.07) is 14.5. The first-order chi connectivity index (χ1) is 15.4. The van der Waals surface area contributed by atoms with Crippen LogP contribution in [0.15, 0.2) is 62.5 Å². The lowest BCUT2D eigenvalue weighted by atomic mass is 10.2. The fourth-order valence-corrected chi connectivity index (χ4v) is 5.28. The minimum Gasteiger partial charge on any atom is -0.324 e. The summed E-state index contributed by atoms with van der Waals surface area (Å²) < 4.78 is 3.43. The Balaban J connectivity index is 1.85. The lowest BCUT2D eigenvalue weighted by molar-refractivity contribution is -0.116. The molecule has 0 aliphatic heterocycles. The molecular formula is C23H22N4O3S2. The Morgan fingerprint density at radius 2 is 1.81 bits per heavy atom. The number of carbonyl (C=O) groups excluding carboxylic acids is 1. The molecule has 4 rings (SSSR count). The van der Waals surface area contributed by atoms with E-state index in [2.05, 4.69) is 10.3 Å². The number of thioether (sulfide) groups is 1. The number of carbonyl (C=O) groups is 1. The van der Waals surface area contributed by atoms with Crippen molar-refractivity contribution in [1.29, 1.82) is 0 Å². The van der Waals surface area contributed by atoms with Crippen LogP contribution in [0.1, 0.15) is 18.1 Å². The molecule has 0 saturated carbocycles. The van der Waals surface area contributed by atoms with Crippen molar-refractivity contribution in [3.05, 3.63) is 80.5 Å². The molecule has 1 N–H and O–H groups in total. The van der Waals surface area contributed by atoms with Crippen LogP contribution in [0, 0.1) is 13.8 Å². The van der Waals surface area contributed by atoms with Crippen molar-refractivity contribution in [1.82, 2.24) is 14.1 Å². The summed E-state index contributed by atoms with van der Waals surface area (Å²) in [7, 11) is 0. The lowest BCUT2D eigenvalue weighted by Crippen LogP contribution is -2.40. The standard InChI is InChI=1S/C23H22N4O3S2/c1-4-31-22-25-20-19(32-22)21(29)27(16-11-9-14(2)10-12-16)23(30)26(20)13-18(28)24-17-8-6-5-7-15(17)3/h5-12H,4,13H2,1-3H3,(H,24,28). The van der Waals surface area contributed by atoms with Crippen LogP contribution in [0.3, 0.4) is 0 Å². The van der Waals surface area contributed by atoms with E-state index in [0.29, 0.717) is 20.4 Å². The Morgan fingerprint density at radius 3 is 2.50 bits per heavy atom. The number of amides is 1. The zero-order chi connectivity index (χ0) is 22.8. The van der Waals surface area contributed by atoms with E-state index in [-0.39, 0.29) is 18.1 Å². The molecule has 0 radical (unpaired) electrons. The summed E-state index contributed by atoms with van der Waals surface area (Å²) >= 11 is 2.74. The van der Waals surface area contributed by atoms with Crippen molar-refractivity contribution in [2.24, 2.45) is 0 Å². The molecule has 0 fully saturated rings. The molecule has 0 unspecified atom stereocenters. The maximum atomic E-state index is 13.4. The number of aryl methyl sites for hydroxylation is 2. The first kappa shape index (κ1) is 22.0. The summed E-state index contributed by atoms with van der Waals surface area (Å²) in [6.07, 6.45) is 0. The quantitative estimate of drug-likeness (QED) is 0.435. The van der Waals surface area contributed by atoms with Crippen molar-refractivity contribution >= 4 is 45.0 Å². The predicted molar refractivity (Wildman–Crippen MR) is 130 cm³/mol. The highest BCUT2D eigenvalue weighted by molar-refractivity contribution is 8.01. The predicted octanol–water partition coefficient (Wildman–Crippen LogP) is 3.98. The summed E-state index contributed by atoms with van der Waals surface area (Å²) in [5, 5.41) is 2.85. The number of benzene rings is 2. The Kier molecular flexibility index (Phi) is 6.29. The number of rotatable bonds is 6. The number of fused-ring (bicyclic) bond motifs is 1. The van der Waals surface area contributed by atoms with Crippen LogP contribution in [0.5, 0.6) is 0 Å². The number of hydrogen-bond donors (Lipinski definition) is 1. The molecular weight excluding hydrogens is 444 g/mol. The number of aromatic nitrogens is 3. The highest BCUT2D eigenvalue weighted by Gasteiger charge is 2.20. The van der Waals surface area contributed by atoms with Gasteiger partial charge in [0.1, 0.15) is 11.2 Å². The van der Waals surface area contributed by atoms with Gasteiger partial charge in [-0.05, 0) is 43.4 Å². The molecule has 4 aromatic rings. The summed E-state index contributed by atoms with van der Waals surface area (Å²) in [5.41, 5.74) is 2.28. The number of anilines is 1. The molecule has 2 aromatic carbocycles. The van der Waals surface area contributed by atoms with Gasteiger partial charge in [-0.25, -0.2) is 14.3 Å². The van der Waals surface area contributed by atoms with Crippen molar-refractivity contribution in [3.8, 4) is 5.69 Å². The van der Waals surface area contributed by atoms with Gasteiger partial charge in [0.15, 0.2) is 9.99 Å². The fraction of sp³-hybridized carbons (Fsp3) is 0.217. The second-order valence-corrected chi connectivity index (χ2v) is 9.78. The summed E-state index contributed by atoms with van der Waals surface area (Å²) in [5.74, 6) is 0.416. The van der Waals surface area contributed by atoms with Crippen LogP contribution in [-0.2, 0) is 11.3 Å². The van der Waals surface area contributed by atoms with Gasteiger partial charge in [0.25, 0.3) is 5.56 Å². The van der Waals surface area contributed by atoms with E-state index < -0.39 is 11.2 Å². The minimum atomic E-state index is -0.593. The van der Waals surface area contributed by atoms with Gasteiger partial charge >= 0.3 is 5.69 Å². The van der Waals surface area contributed by atoms with Crippen molar-refractivity contribution in [3.63, 3.8) is 0 Å². The number of hydrogen-bond acceptors (Lipinski definition) is 6. The normalized spacial score (nSPS) is 11.1. The highest BCUT2D eigenvalue weighted by Crippen LogP contribution is 2.27. The van der Waals surface area contributed by atoms with E-state index in [1.165, 1.54) is 27.7 Å². The fourth-order valence-electron chi connectivity index (χ4n) is 3.31. The molecule has 0 spiro atoms. The van der Waals surface area contributed by atoms with Crippen molar-refractivity contribution < 1.29 is 4.79 Å². The average Bonchev–Trinajstić information content (AvgIpc) is 3.19. The van der Waals surface area contributed by atoms with E-state index >= 15 is 0 Å². The topological polar surface area (TPSA) is 86.0 Å². The summed E-state index contributed by atoms with van der Waals surface area (Å²) in [6.45, 7) is 5.56. The van der Waals surface area contributed by atoms with Gasteiger partial charge in [-0.2, -0.15) is 0 Å². The first-order valence-electron chi connectivity index (χ1n) is 10.1.